The number of para-hydroxylation sites is 1. The van der Waals surface area contributed by atoms with Crippen molar-refractivity contribution in [2.75, 3.05) is 15.8 Å². The zero-order valence-corrected chi connectivity index (χ0v) is 28.0. The molecule has 4 rings (SSSR count). The van der Waals surface area contributed by atoms with Gasteiger partial charge in [0, 0.05) is 24.6 Å². The van der Waals surface area contributed by atoms with E-state index in [1.165, 1.54) is 0 Å². The molecule has 0 spiro atoms. The fourth-order valence-corrected chi connectivity index (χ4v) is 9.75. The highest BCUT2D eigenvalue weighted by Crippen LogP contribution is 2.47. The maximum Gasteiger partial charge on any atom is 0.266 e. The monoisotopic (exact) mass is 722 g/mol. The van der Waals surface area contributed by atoms with E-state index in [0.29, 0.717) is 20.0 Å². The van der Waals surface area contributed by atoms with Gasteiger partial charge in [-0.15, -0.1) is 23.5 Å². The Balaban J connectivity index is 2.10. The summed E-state index contributed by atoms with van der Waals surface area (Å²) in [4.78, 5) is 6.78. The number of anilines is 1. The quantitative estimate of drug-likeness (QED) is 0.108. The first-order valence-corrected chi connectivity index (χ1v) is 18.1. The Kier molecular flexibility index (Phi) is 11.3. The van der Waals surface area contributed by atoms with Crippen LogP contribution in [0.1, 0.15) is 50.1 Å². The normalized spacial score (nSPS) is 12.3. The smallest absolute Gasteiger partial charge is 0.259 e. The van der Waals surface area contributed by atoms with Gasteiger partial charge in [0.2, 0.25) is 0 Å². The topological polar surface area (TPSA) is 50.3 Å². The van der Waals surface area contributed by atoms with Gasteiger partial charge in [-0.05, 0) is 100 Å². The highest BCUT2D eigenvalue weighted by molar-refractivity contribution is 14.1. The van der Waals surface area contributed by atoms with E-state index >= 15 is 8.42 Å². The second-order valence-electron chi connectivity index (χ2n) is 9.00. The molecule has 0 saturated carbocycles. The standard InChI is InChI=1S/C31H32ClIN2O2S3/c1-4-11-22-17-18-29(25(33)20-22)40(36,37)35(31-27(38-5-2)15-10-16-28(31)39-6-3)30(26-14-7-8-19-34-26)23-12-9-13-24(32)21-23/h7-10,12-21,30H,4-6,11H2,1-3H3. The van der Waals surface area contributed by atoms with E-state index in [2.05, 4.69) is 48.3 Å². The van der Waals surface area contributed by atoms with Gasteiger partial charge in [-0.2, -0.15) is 0 Å². The van der Waals surface area contributed by atoms with Gasteiger partial charge in [0.25, 0.3) is 10.0 Å². The molecule has 0 radical (unpaired) electrons. The molecule has 1 atom stereocenters. The number of thioether (sulfide) groups is 2. The van der Waals surface area contributed by atoms with Crippen molar-refractivity contribution in [3.63, 3.8) is 0 Å². The Hall–Kier alpha value is -1.72. The van der Waals surface area contributed by atoms with Gasteiger partial charge < -0.3 is 0 Å². The van der Waals surface area contributed by atoms with Crippen molar-refractivity contribution < 1.29 is 8.42 Å². The molecule has 1 heterocycles. The molecule has 4 aromatic rings. The van der Waals surface area contributed by atoms with Gasteiger partial charge in [0.15, 0.2) is 0 Å². The predicted molar refractivity (Wildman–Crippen MR) is 180 cm³/mol. The summed E-state index contributed by atoms with van der Waals surface area (Å²) in [6.45, 7) is 6.28. The van der Waals surface area contributed by atoms with Crippen molar-refractivity contribution in [3.8, 4) is 0 Å². The Morgan fingerprint density at radius 3 is 2.17 bits per heavy atom. The first-order valence-electron chi connectivity index (χ1n) is 13.2. The minimum Gasteiger partial charge on any atom is -0.259 e. The van der Waals surface area contributed by atoms with Crippen molar-refractivity contribution in [3.05, 3.63) is 110 Å². The number of aryl methyl sites for hydroxylation is 1. The highest BCUT2D eigenvalue weighted by Gasteiger charge is 2.38. The molecule has 0 amide bonds. The van der Waals surface area contributed by atoms with Gasteiger partial charge in [-0.3, -0.25) is 9.29 Å². The third-order valence-corrected chi connectivity index (χ3v) is 11.4. The lowest BCUT2D eigenvalue weighted by atomic mass is 10.0. The van der Waals surface area contributed by atoms with Crippen molar-refractivity contribution in [1.82, 2.24) is 4.98 Å². The minimum absolute atomic E-state index is 0.277. The van der Waals surface area contributed by atoms with E-state index < -0.39 is 16.1 Å². The summed E-state index contributed by atoms with van der Waals surface area (Å²) in [6, 6.07) is 24.0. The second-order valence-corrected chi connectivity index (χ2v) is 15.0. The molecule has 0 aliphatic carbocycles. The van der Waals surface area contributed by atoms with Crippen LogP contribution in [-0.4, -0.2) is 24.9 Å². The second kappa shape index (κ2) is 14.4. The molecule has 9 heteroatoms. The SMILES string of the molecule is CCCc1ccc(S(=O)(=O)N(c2c(SCC)cccc2SCC)C(c2cccc(Cl)c2)c2ccccn2)c(I)c1. The predicted octanol–water partition coefficient (Wildman–Crippen LogP) is 9.50. The first kappa shape index (κ1) is 31.2. The van der Waals surface area contributed by atoms with Crippen LogP contribution in [-0.2, 0) is 16.4 Å². The van der Waals surface area contributed by atoms with Crippen LogP contribution in [0.5, 0.6) is 0 Å². The molecule has 1 aromatic heterocycles. The molecule has 0 bridgehead atoms. The van der Waals surface area contributed by atoms with E-state index in [4.69, 9.17) is 11.6 Å². The van der Waals surface area contributed by atoms with E-state index in [1.807, 2.05) is 66.7 Å². The Morgan fingerprint density at radius 2 is 1.60 bits per heavy atom. The number of hydrogen-bond donors (Lipinski definition) is 0. The number of nitrogens with zero attached hydrogens (tertiary/aromatic N) is 2. The molecule has 0 saturated heterocycles. The molecule has 1 unspecified atom stereocenters. The highest BCUT2D eigenvalue weighted by atomic mass is 127. The Bertz CT molecular complexity index is 1530. The maximum atomic E-state index is 15.1. The van der Waals surface area contributed by atoms with Gasteiger partial charge >= 0.3 is 0 Å². The molecule has 40 heavy (non-hydrogen) atoms. The van der Waals surface area contributed by atoms with Crippen molar-refractivity contribution >= 4 is 73.4 Å². The minimum atomic E-state index is -4.09. The number of benzene rings is 3. The number of rotatable bonds is 12. The lowest BCUT2D eigenvalue weighted by Crippen LogP contribution is -2.37. The third kappa shape index (κ3) is 7.01. The van der Waals surface area contributed by atoms with Crippen molar-refractivity contribution in [1.29, 1.82) is 0 Å². The zero-order valence-electron chi connectivity index (χ0n) is 22.7. The maximum absolute atomic E-state index is 15.1. The van der Waals surface area contributed by atoms with E-state index in [9.17, 15) is 0 Å². The lowest BCUT2D eigenvalue weighted by molar-refractivity contribution is 0.582. The molecule has 0 fully saturated rings. The fraction of sp³-hybridized carbons (Fsp3) is 0.258. The van der Waals surface area contributed by atoms with Crippen LogP contribution in [0.15, 0.2) is 99.7 Å². The van der Waals surface area contributed by atoms with Crippen LogP contribution in [0.3, 0.4) is 0 Å². The number of sulfonamides is 1. The zero-order chi connectivity index (χ0) is 28.7. The summed E-state index contributed by atoms with van der Waals surface area (Å²) in [5.74, 6) is 1.60. The van der Waals surface area contributed by atoms with Crippen LogP contribution >= 0.6 is 57.7 Å². The average molecular weight is 723 g/mol. The molecule has 3 aromatic carbocycles. The summed E-state index contributed by atoms with van der Waals surface area (Å²) >= 11 is 11.9. The number of pyridine rings is 1. The first-order chi connectivity index (χ1) is 19.3. The number of halogens is 2. The summed E-state index contributed by atoms with van der Waals surface area (Å²) in [7, 11) is -4.09. The largest absolute Gasteiger partial charge is 0.266 e. The molecule has 0 aliphatic heterocycles. The molecular weight excluding hydrogens is 691 g/mol. The Labute approximate surface area is 265 Å². The van der Waals surface area contributed by atoms with Crippen LogP contribution in [0.25, 0.3) is 0 Å². The Morgan fingerprint density at radius 1 is 0.900 bits per heavy atom. The third-order valence-electron chi connectivity index (χ3n) is 6.22. The molecule has 0 aliphatic rings. The summed E-state index contributed by atoms with van der Waals surface area (Å²) < 4.78 is 32.4. The van der Waals surface area contributed by atoms with Gasteiger partial charge in [-0.25, -0.2) is 8.42 Å². The number of aromatic nitrogens is 1. The molecular formula is C31H32ClIN2O2S3. The fourth-order valence-electron chi connectivity index (χ4n) is 4.60. The molecule has 0 N–H and O–H groups in total. The van der Waals surface area contributed by atoms with Crippen molar-refractivity contribution in [2.45, 2.75) is 54.3 Å². The van der Waals surface area contributed by atoms with E-state index in [1.54, 1.807) is 46.2 Å². The summed E-state index contributed by atoms with van der Waals surface area (Å²) in [5.41, 5.74) is 3.16. The average Bonchev–Trinajstić information content (AvgIpc) is 2.93. The van der Waals surface area contributed by atoms with Gasteiger partial charge in [0.1, 0.15) is 10.9 Å². The summed E-state index contributed by atoms with van der Waals surface area (Å²) in [6.07, 6.45) is 3.59. The van der Waals surface area contributed by atoms with Crippen molar-refractivity contribution in [2.24, 2.45) is 0 Å². The van der Waals surface area contributed by atoms with Crippen LogP contribution < -0.4 is 4.31 Å². The van der Waals surface area contributed by atoms with E-state index in [-0.39, 0.29) is 4.90 Å². The lowest BCUT2D eigenvalue weighted by Gasteiger charge is -2.35. The van der Waals surface area contributed by atoms with Crippen LogP contribution in [0, 0.1) is 3.57 Å². The van der Waals surface area contributed by atoms with Gasteiger partial charge in [0.05, 0.1) is 11.4 Å². The molecule has 210 valence electrons. The summed E-state index contributed by atoms with van der Waals surface area (Å²) in [5, 5.41) is 0.536. The van der Waals surface area contributed by atoms with Gasteiger partial charge in [-0.1, -0.05) is 69.1 Å². The van der Waals surface area contributed by atoms with Crippen LogP contribution in [0.4, 0.5) is 5.69 Å². The number of hydrogen-bond acceptors (Lipinski definition) is 5. The van der Waals surface area contributed by atoms with Crippen LogP contribution in [0.2, 0.25) is 5.02 Å². The molecule has 4 nitrogen and oxygen atoms in total. The van der Waals surface area contributed by atoms with E-state index in [0.717, 1.165) is 45.3 Å².